The fourth-order valence-electron chi connectivity index (χ4n) is 4.95. The molecule has 0 bridgehead atoms. The molecule has 0 fully saturated rings. The standard InChI is InChI=1S/C20H18F4N2O4.C15H12F4N2O2/c1-20(2,29)10-26-16-14(7-12(21)8-15(16)22)17(27)25(19(26)28)9-11-3-5-13(6-4-11)30-18(23)24;16-9-5-11(13(20)12(17)6-9)14(22)21-7-8-1-3-10(4-2-8)23-15(18)19/h3-8,18,29H,9-10H2,1-2H3;1-6,15H,7,20H2,(H,21,22). The lowest BCUT2D eigenvalue weighted by Gasteiger charge is -2.21. The topological polar surface area (TPSA) is 138 Å². The van der Waals surface area contributed by atoms with E-state index in [0.29, 0.717) is 23.3 Å². The van der Waals surface area contributed by atoms with E-state index in [1.807, 2.05) is 0 Å². The van der Waals surface area contributed by atoms with Crippen molar-refractivity contribution in [2.24, 2.45) is 0 Å². The first-order valence-electron chi connectivity index (χ1n) is 15.3. The van der Waals surface area contributed by atoms with E-state index in [9.17, 15) is 54.6 Å². The van der Waals surface area contributed by atoms with Crippen LogP contribution < -0.4 is 31.8 Å². The first kappa shape index (κ1) is 39.9. The molecular weight excluding hydrogens is 724 g/mol. The normalized spacial score (nSPS) is 11.4. The summed E-state index contributed by atoms with van der Waals surface area (Å²) in [5, 5.41) is 12.2. The van der Waals surface area contributed by atoms with Crippen LogP contribution in [0.5, 0.6) is 11.5 Å². The number of nitrogen functional groups attached to an aromatic ring is 1. The molecule has 0 radical (unpaired) electrons. The number of nitrogens with one attached hydrogen (secondary N) is 1. The average molecular weight is 755 g/mol. The summed E-state index contributed by atoms with van der Waals surface area (Å²) < 4.78 is 113. The first-order valence-corrected chi connectivity index (χ1v) is 15.3. The molecule has 0 aliphatic carbocycles. The van der Waals surface area contributed by atoms with Crippen molar-refractivity contribution >= 4 is 22.5 Å². The Balaban J connectivity index is 0.000000245. The highest BCUT2D eigenvalue weighted by Gasteiger charge is 2.23. The van der Waals surface area contributed by atoms with Crippen LogP contribution in [0.3, 0.4) is 0 Å². The van der Waals surface area contributed by atoms with Gasteiger partial charge >= 0.3 is 18.9 Å². The first-order chi connectivity index (χ1) is 24.8. The third kappa shape index (κ3) is 10.6. The minimum atomic E-state index is -3.00. The highest BCUT2D eigenvalue weighted by atomic mass is 19.3. The number of alkyl halides is 4. The number of carbonyl (C=O) groups excluding carboxylic acids is 1. The van der Waals surface area contributed by atoms with Crippen LogP contribution in [-0.2, 0) is 19.6 Å². The van der Waals surface area contributed by atoms with Crippen molar-refractivity contribution in [2.75, 3.05) is 5.73 Å². The van der Waals surface area contributed by atoms with Crippen molar-refractivity contribution in [1.29, 1.82) is 0 Å². The maximum atomic E-state index is 14.4. The predicted molar refractivity (Wildman–Crippen MR) is 176 cm³/mol. The van der Waals surface area contributed by atoms with Crippen molar-refractivity contribution in [3.63, 3.8) is 0 Å². The third-order valence-electron chi connectivity index (χ3n) is 7.21. The van der Waals surface area contributed by atoms with Crippen LogP contribution in [0.25, 0.3) is 10.9 Å². The number of nitrogens with two attached hydrogens (primary N) is 1. The van der Waals surface area contributed by atoms with E-state index in [-0.39, 0.29) is 42.1 Å². The summed E-state index contributed by atoms with van der Waals surface area (Å²) in [4.78, 5) is 37.7. The molecular formula is C35H30F8N4O6. The molecule has 10 nitrogen and oxygen atoms in total. The molecule has 4 N–H and O–H groups in total. The Labute approximate surface area is 294 Å². The Morgan fingerprint density at radius 1 is 0.792 bits per heavy atom. The zero-order chi connectivity index (χ0) is 39.2. The van der Waals surface area contributed by atoms with Gasteiger partial charge < -0.3 is 25.6 Å². The van der Waals surface area contributed by atoms with Crippen molar-refractivity contribution in [3.05, 3.63) is 134 Å². The van der Waals surface area contributed by atoms with Gasteiger partial charge in [-0.1, -0.05) is 24.3 Å². The molecule has 0 aliphatic heterocycles. The number of rotatable bonds is 11. The second-order valence-corrected chi connectivity index (χ2v) is 11.9. The van der Waals surface area contributed by atoms with Gasteiger partial charge in [0.1, 0.15) is 29.0 Å². The molecule has 5 rings (SSSR count). The number of fused-ring (bicyclic) bond motifs is 1. The lowest BCUT2D eigenvalue weighted by atomic mass is 10.1. The van der Waals surface area contributed by atoms with Crippen molar-refractivity contribution < 1.29 is 54.5 Å². The number of ether oxygens (including phenoxy) is 2. The number of hydrogen-bond donors (Lipinski definition) is 3. The van der Waals surface area contributed by atoms with Crippen LogP contribution in [0.4, 0.5) is 40.8 Å². The van der Waals surface area contributed by atoms with Crippen molar-refractivity contribution in [3.8, 4) is 11.5 Å². The number of aliphatic hydroxyl groups is 1. The summed E-state index contributed by atoms with van der Waals surface area (Å²) in [6, 6.07) is 13.5. The van der Waals surface area contributed by atoms with E-state index in [2.05, 4.69) is 14.8 Å². The fraction of sp³-hybridized carbons (Fsp3) is 0.229. The highest BCUT2D eigenvalue weighted by Crippen LogP contribution is 2.21. The SMILES string of the molecule is CC(C)(O)Cn1c(=O)n(Cc2ccc(OC(F)F)cc2)c(=O)c2cc(F)cc(F)c21.Nc1c(F)cc(F)cc1C(=O)NCc1ccc(OC(F)F)cc1. The number of benzene rings is 4. The van der Waals surface area contributed by atoms with Gasteiger partial charge in [0.25, 0.3) is 11.5 Å². The Hall–Kier alpha value is -5.91. The maximum absolute atomic E-state index is 14.4. The summed E-state index contributed by atoms with van der Waals surface area (Å²) in [5.41, 5.74) is 1.91. The predicted octanol–water partition coefficient (Wildman–Crippen LogP) is 5.94. The second-order valence-electron chi connectivity index (χ2n) is 11.9. The number of anilines is 1. The summed E-state index contributed by atoms with van der Waals surface area (Å²) in [6.07, 6.45) is 0. The van der Waals surface area contributed by atoms with Gasteiger partial charge in [0.2, 0.25) is 0 Å². The van der Waals surface area contributed by atoms with Gasteiger partial charge in [-0.05, 0) is 61.4 Å². The molecule has 0 saturated heterocycles. The van der Waals surface area contributed by atoms with Gasteiger partial charge in [-0.25, -0.2) is 22.4 Å². The van der Waals surface area contributed by atoms with Crippen LogP contribution in [0, 0.1) is 23.3 Å². The molecule has 53 heavy (non-hydrogen) atoms. The summed E-state index contributed by atoms with van der Waals surface area (Å²) in [6.45, 7) is -3.76. The molecule has 1 aromatic heterocycles. The van der Waals surface area contributed by atoms with Gasteiger partial charge in [0, 0.05) is 18.7 Å². The molecule has 0 atom stereocenters. The number of aromatic nitrogens is 2. The lowest BCUT2D eigenvalue weighted by molar-refractivity contribution is -0.0505. The molecule has 282 valence electrons. The van der Waals surface area contributed by atoms with Crippen LogP contribution >= 0.6 is 0 Å². The quantitative estimate of drug-likeness (QED) is 0.112. The summed E-state index contributed by atoms with van der Waals surface area (Å²) in [5.74, 6) is -4.93. The lowest BCUT2D eigenvalue weighted by Crippen LogP contribution is -2.43. The van der Waals surface area contributed by atoms with Crippen LogP contribution in [-0.4, -0.2) is 39.0 Å². The molecule has 5 aromatic rings. The van der Waals surface area contributed by atoms with Crippen LogP contribution in [0.15, 0.2) is 82.4 Å². The zero-order valence-electron chi connectivity index (χ0n) is 27.7. The molecule has 0 saturated carbocycles. The van der Waals surface area contributed by atoms with E-state index in [4.69, 9.17) is 5.73 Å². The number of halogens is 8. The molecule has 4 aromatic carbocycles. The summed E-state index contributed by atoms with van der Waals surface area (Å²) in [7, 11) is 0. The van der Waals surface area contributed by atoms with Crippen molar-refractivity contribution in [1.82, 2.24) is 14.5 Å². The molecule has 0 aliphatic rings. The third-order valence-corrected chi connectivity index (χ3v) is 7.21. The number of amides is 1. The smallest absolute Gasteiger partial charge is 0.387 e. The largest absolute Gasteiger partial charge is 0.435 e. The van der Waals surface area contributed by atoms with Crippen molar-refractivity contribution in [2.45, 2.75) is 52.3 Å². The Bertz CT molecular complexity index is 2200. The Kier molecular flexibility index (Phi) is 12.5. The van der Waals surface area contributed by atoms with Gasteiger partial charge in [-0.3, -0.25) is 18.7 Å². The average Bonchev–Trinajstić information content (AvgIpc) is 3.06. The Morgan fingerprint density at radius 2 is 1.30 bits per heavy atom. The molecule has 0 unspecified atom stereocenters. The zero-order valence-corrected chi connectivity index (χ0v) is 27.7. The van der Waals surface area contributed by atoms with Crippen LogP contribution in [0.1, 0.15) is 35.3 Å². The van der Waals surface area contributed by atoms with Gasteiger partial charge in [-0.15, -0.1) is 0 Å². The summed E-state index contributed by atoms with van der Waals surface area (Å²) >= 11 is 0. The fourth-order valence-corrected chi connectivity index (χ4v) is 4.95. The number of carbonyl (C=O) groups is 1. The molecule has 1 heterocycles. The minimum absolute atomic E-state index is 0.0192. The van der Waals surface area contributed by atoms with E-state index in [0.717, 1.165) is 21.3 Å². The number of hydrogen-bond acceptors (Lipinski definition) is 7. The van der Waals surface area contributed by atoms with Gasteiger partial charge in [0.15, 0.2) is 5.82 Å². The second kappa shape index (κ2) is 16.6. The minimum Gasteiger partial charge on any atom is -0.435 e. The van der Waals surface area contributed by atoms with E-state index >= 15 is 0 Å². The maximum Gasteiger partial charge on any atom is 0.387 e. The van der Waals surface area contributed by atoms with E-state index < -0.39 is 70.5 Å². The molecule has 0 spiro atoms. The monoisotopic (exact) mass is 754 g/mol. The molecule has 1 amide bonds. The van der Waals surface area contributed by atoms with Crippen LogP contribution in [0.2, 0.25) is 0 Å². The Morgan fingerprint density at radius 3 is 1.83 bits per heavy atom. The van der Waals surface area contributed by atoms with E-state index in [1.54, 1.807) is 0 Å². The van der Waals surface area contributed by atoms with E-state index in [1.165, 1.54) is 62.4 Å². The highest BCUT2D eigenvalue weighted by molar-refractivity contribution is 5.99. The molecule has 18 heteroatoms. The number of nitrogens with zero attached hydrogens (tertiary/aromatic N) is 2. The van der Waals surface area contributed by atoms with Gasteiger partial charge in [0.05, 0.1) is 40.8 Å². The van der Waals surface area contributed by atoms with Gasteiger partial charge in [-0.2, -0.15) is 17.6 Å².